The SMILES string of the molecule is COC(=O)c1cc(OC)c(OC)cc1NC(=O)N1CCc2[nH]cnc2[C@@H]1c1ccccn1. The highest BCUT2D eigenvalue weighted by Gasteiger charge is 2.35. The predicted octanol–water partition coefficient (Wildman–Crippen LogP) is 2.79. The molecule has 0 saturated carbocycles. The first-order chi connectivity index (χ1) is 15.6. The molecule has 10 nitrogen and oxygen atoms in total. The first-order valence-electron chi connectivity index (χ1n) is 9.92. The molecule has 0 fully saturated rings. The second kappa shape index (κ2) is 8.96. The number of pyridine rings is 1. The Balaban J connectivity index is 1.71. The van der Waals surface area contributed by atoms with Crippen LogP contribution in [0.4, 0.5) is 10.5 Å². The molecule has 0 saturated heterocycles. The standard InChI is InChI=1S/C22H23N5O5/c1-30-17-10-13(21(28)32-3)16(11-18(17)31-2)26-22(29)27-9-7-14-19(25-12-24-14)20(27)15-6-4-5-8-23-15/h4-6,8,10-12,20H,7,9H2,1-3H3,(H,24,25)(H,26,29)/t20-/m0/s1. The Hall–Kier alpha value is -4.08. The summed E-state index contributed by atoms with van der Waals surface area (Å²) in [4.78, 5) is 39.5. The number of hydrogen-bond donors (Lipinski definition) is 2. The summed E-state index contributed by atoms with van der Waals surface area (Å²) in [6.45, 7) is 0.434. The van der Waals surface area contributed by atoms with Gasteiger partial charge in [-0.2, -0.15) is 0 Å². The molecule has 166 valence electrons. The van der Waals surface area contributed by atoms with Gasteiger partial charge in [0.2, 0.25) is 0 Å². The van der Waals surface area contributed by atoms with Crippen LogP contribution in [-0.2, 0) is 11.2 Å². The fraction of sp³-hybridized carbons (Fsp3) is 0.273. The van der Waals surface area contributed by atoms with Gasteiger partial charge in [-0.1, -0.05) is 6.07 Å². The van der Waals surface area contributed by atoms with Gasteiger partial charge in [-0.15, -0.1) is 0 Å². The summed E-state index contributed by atoms with van der Waals surface area (Å²) in [5, 5.41) is 2.83. The fourth-order valence-electron chi connectivity index (χ4n) is 3.78. The van der Waals surface area contributed by atoms with E-state index in [4.69, 9.17) is 14.2 Å². The van der Waals surface area contributed by atoms with E-state index in [1.807, 2.05) is 18.2 Å². The number of rotatable bonds is 5. The van der Waals surface area contributed by atoms with Gasteiger partial charge in [0, 0.05) is 37.0 Å². The number of urea groups is 1. The third-order valence-electron chi connectivity index (χ3n) is 5.32. The molecule has 0 unspecified atom stereocenters. The lowest BCUT2D eigenvalue weighted by Gasteiger charge is -2.34. The Bertz CT molecular complexity index is 1130. The molecular weight excluding hydrogens is 414 g/mol. The number of hydrogen-bond acceptors (Lipinski definition) is 7. The highest BCUT2D eigenvalue weighted by Crippen LogP contribution is 2.36. The highest BCUT2D eigenvalue weighted by atomic mass is 16.5. The third-order valence-corrected chi connectivity index (χ3v) is 5.32. The van der Waals surface area contributed by atoms with Crippen molar-refractivity contribution in [3.63, 3.8) is 0 Å². The van der Waals surface area contributed by atoms with Crippen molar-refractivity contribution in [2.45, 2.75) is 12.5 Å². The minimum Gasteiger partial charge on any atom is -0.493 e. The van der Waals surface area contributed by atoms with Gasteiger partial charge < -0.3 is 29.4 Å². The number of esters is 1. The molecule has 1 atom stereocenters. The summed E-state index contributed by atoms with van der Waals surface area (Å²) in [5.74, 6) is 0.0946. The summed E-state index contributed by atoms with van der Waals surface area (Å²) in [7, 11) is 4.21. The van der Waals surface area contributed by atoms with E-state index < -0.39 is 18.0 Å². The van der Waals surface area contributed by atoms with Crippen molar-refractivity contribution in [1.82, 2.24) is 19.9 Å². The van der Waals surface area contributed by atoms with Crippen molar-refractivity contribution < 1.29 is 23.8 Å². The number of amides is 2. The van der Waals surface area contributed by atoms with E-state index in [9.17, 15) is 9.59 Å². The van der Waals surface area contributed by atoms with Crippen LogP contribution < -0.4 is 14.8 Å². The lowest BCUT2D eigenvalue weighted by Crippen LogP contribution is -2.43. The van der Waals surface area contributed by atoms with Crippen molar-refractivity contribution in [2.24, 2.45) is 0 Å². The first kappa shape index (κ1) is 21.2. The van der Waals surface area contributed by atoms with Gasteiger partial charge in [-0.25, -0.2) is 14.6 Å². The maximum absolute atomic E-state index is 13.4. The molecule has 4 rings (SSSR count). The number of methoxy groups -OCH3 is 3. The van der Waals surface area contributed by atoms with E-state index >= 15 is 0 Å². The summed E-state index contributed by atoms with van der Waals surface area (Å²) < 4.78 is 15.5. The second-order valence-corrected chi connectivity index (χ2v) is 7.04. The van der Waals surface area contributed by atoms with Crippen molar-refractivity contribution in [2.75, 3.05) is 33.2 Å². The van der Waals surface area contributed by atoms with Crippen LogP contribution in [0.3, 0.4) is 0 Å². The van der Waals surface area contributed by atoms with E-state index in [1.165, 1.54) is 33.5 Å². The van der Waals surface area contributed by atoms with Gasteiger partial charge in [-0.3, -0.25) is 4.98 Å². The van der Waals surface area contributed by atoms with Crippen LogP contribution in [-0.4, -0.2) is 59.7 Å². The molecule has 10 heteroatoms. The van der Waals surface area contributed by atoms with Crippen molar-refractivity contribution in [3.8, 4) is 11.5 Å². The average Bonchev–Trinajstić information content (AvgIpc) is 3.32. The Morgan fingerprint density at radius 2 is 1.91 bits per heavy atom. The van der Waals surface area contributed by atoms with Gasteiger partial charge in [0.15, 0.2) is 11.5 Å². The van der Waals surface area contributed by atoms with Crippen LogP contribution in [0.15, 0.2) is 42.9 Å². The van der Waals surface area contributed by atoms with Gasteiger partial charge in [-0.05, 0) is 12.1 Å². The molecule has 1 aliphatic rings. The van der Waals surface area contributed by atoms with E-state index in [0.29, 0.717) is 30.2 Å². The van der Waals surface area contributed by atoms with Crippen molar-refractivity contribution >= 4 is 17.7 Å². The molecule has 2 N–H and O–H groups in total. The smallest absolute Gasteiger partial charge is 0.340 e. The van der Waals surface area contributed by atoms with Gasteiger partial charge in [0.1, 0.15) is 6.04 Å². The van der Waals surface area contributed by atoms with Gasteiger partial charge in [0.05, 0.1) is 50.3 Å². The van der Waals surface area contributed by atoms with Crippen LogP contribution >= 0.6 is 0 Å². The van der Waals surface area contributed by atoms with Crippen LogP contribution in [0, 0.1) is 0 Å². The maximum atomic E-state index is 13.4. The van der Waals surface area contributed by atoms with Crippen molar-refractivity contribution in [1.29, 1.82) is 0 Å². The molecule has 3 heterocycles. The molecule has 1 aromatic carbocycles. The quantitative estimate of drug-likeness (QED) is 0.589. The number of carbonyl (C=O) groups is 2. The minimum atomic E-state index is -0.615. The molecule has 0 radical (unpaired) electrons. The zero-order chi connectivity index (χ0) is 22.7. The summed E-state index contributed by atoms with van der Waals surface area (Å²) >= 11 is 0. The Labute approximate surface area is 184 Å². The Morgan fingerprint density at radius 1 is 1.12 bits per heavy atom. The molecule has 2 aromatic heterocycles. The number of aromatic amines is 1. The van der Waals surface area contributed by atoms with E-state index in [-0.39, 0.29) is 11.3 Å². The van der Waals surface area contributed by atoms with Crippen LogP contribution in [0.5, 0.6) is 11.5 Å². The number of H-pyrrole nitrogens is 1. The maximum Gasteiger partial charge on any atom is 0.340 e. The number of benzene rings is 1. The van der Waals surface area contributed by atoms with Crippen LogP contribution in [0.25, 0.3) is 0 Å². The van der Waals surface area contributed by atoms with Gasteiger partial charge >= 0.3 is 12.0 Å². The molecule has 0 aliphatic carbocycles. The minimum absolute atomic E-state index is 0.144. The molecule has 0 bridgehead atoms. The van der Waals surface area contributed by atoms with E-state index in [2.05, 4.69) is 20.3 Å². The normalized spacial score (nSPS) is 15.0. The number of ether oxygens (including phenoxy) is 3. The molecule has 3 aromatic rings. The number of aromatic nitrogens is 3. The van der Waals surface area contributed by atoms with E-state index in [0.717, 1.165) is 11.4 Å². The lowest BCUT2D eigenvalue weighted by molar-refractivity contribution is 0.0601. The summed E-state index contributed by atoms with van der Waals surface area (Å²) in [5.41, 5.74) is 2.78. The Kier molecular flexibility index (Phi) is 5.93. The summed E-state index contributed by atoms with van der Waals surface area (Å²) in [6, 6.07) is 7.64. The number of carbonyl (C=O) groups excluding carboxylic acids is 2. The monoisotopic (exact) mass is 437 g/mol. The number of imidazole rings is 1. The zero-order valence-corrected chi connectivity index (χ0v) is 17.9. The first-order valence-corrected chi connectivity index (χ1v) is 9.92. The molecule has 32 heavy (non-hydrogen) atoms. The molecule has 2 amide bonds. The molecular formula is C22H23N5O5. The van der Waals surface area contributed by atoms with Crippen molar-refractivity contribution in [3.05, 3.63) is 65.5 Å². The second-order valence-electron chi connectivity index (χ2n) is 7.04. The number of fused-ring (bicyclic) bond motifs is 1. The lowest BCUT2D eigenvalue weighted by atomic mass is 9.99. The third kappa shape index (κ3) is 3.82. The predicted molar refractivity (Wildman–Crippen MR) is 115 cm³/mol. The highest BCUT2D eigenvalue weighted by molar-refractivity contribution is 6.02. The summed E-state index contributed by atoms with van der Waals surface area (Å²) in [6.07, 6.45) is 3.91. The average molecular weight is 437 g/mol. The number of anilines is 1. The fourth-order valence-corrected chi connectivity index (χ4v) is 3.78. The largest absolute Gasteiger partial charge is 0.493 e. The van der Waals surface area contributed by atoms with E-state index in [1.54, 1.807) is 17.4 Å². The Morgan fingerprint density at radius 3 is 2.59 bits per heavy atom. The number of nitrogens with zero attached hydrogens (tertiary/aromatic N) is 3. The van der Waals surface area contributed by atoms with Crippen LogP contribution in [0.1, 0.15) is 33.5 Å². The number of nitrogens with one attached hydrogen (secondary N) is 2. The zero-order valence-electron chi connectivity index (χ0n) is 17.9. The molecule has 0 spiro atoms. The molecule has 1 aliphatic heterocycles. The topological polar surface area (TPSA) is 119 Å². The van der Waals surface area contributed by atoms with Gasteiger partial charge in [0.25, 0.3) is 0 Å². The van der Waals surface area contributed by atoms with Crippen LogP contribution in [0.2, 0.25) is 0 Å².